The van der Waals surface area contributed by atoms with E-state index in [0.717, 1.165) is 16.3 Å². The van der Waals surface area contributed by atoms with Gasteiger partial charge in [-0.2, -0.15) is 0 Å². The Balaban J connectivity index is 2.68. The minimum absolute atomic E-state index is 0.260. The quantitative estimate of drug-likeness (QED) is 0.778. The molecule has 0 bridgehead atoms. The second-order valence-electron chi connectivity index (χ2n) is 4.15. The summed E-state index contributed by atoms with van der Waals surface area (Å²) in [6.45, 7) is 1.83. The van der Waals surface area contributed by atoms with Gasteiger partial charge < -0.3 is 9.47 Å². The fourth-order valence-electron chi connectivity index (χ4n) is 2.19. The number of esters is 1. The third-order valence-corrected chi connectivity index (χ3v) is 3.14. The lowest BCUT2D eigenvalue weighted by atomic mass is 9.94. The van der Waals surface area contributed by atoms with Crippen LogP contribution in [0.15, 0.2) is 36.4 Å². The Bertz CT molecular complexity index is 575. The van der Waals surface area contributed by atoms with Gasteiger partial charge in [0.05, 0.1) is 20.1 Å². The van der Waals surface area contributed by atoms with Crippen LogP contribution in [-0.4, -0.2) is 20.2 Å². The second kappa shape index (κ2) is 5.08. The summed E-state index contributed by atoms with van der Waals surface area (Å²) >= 11 is 0. The smallest absolute Gasteiger partial charge is 0.313 e. The SMILES string of the molecule is COC(=O)[C@H](C)c1c(OC)ccc2ccccc12. The minimum atomic E-state index is -0.351. The average molecular weight is 244 g/mol. The molecule has 3 nitrogen and oxygen atoms in total. The topological polar surface area (TPSA) is 35.5 Å². The van der Waals surface area contributed by atoms with Gasteiger partial charge in [-0.15, -0.1) is 0 Å². The molecule has 0 amide bonds. The lowest BCUT2D eigenvalue weighted by molar-refractivity contribution is -0.142. The largest absolute Gasteiger partial charge is 0.496 e. The lowest BCUT2D eigenvalue weighted by Crippen LogP contribution is -2.12. The Labute approximate surface area is 106 Å². The maximum atomic E-state index is 11.7. The highest BCUT2D eigenvalue weighted by Crippen LogP contribution is 2.34. The third kappa shape index (κ3) is 2.04. The first kappa shape index (κ1) is 12.4. The van der Waals surface area contributed by atoms with E-state index >= 15 is 0 Å². The number of carbonyl (C=O) groups is 1. The molecule has 2 aromatic carbocycles. The van der Waals surface area contributed by atoms with E-state index in [2.05, 4.69) is 0 Å². The van der Waals surface area contributed by atoms with Crippen molar-refractivity contribution in [1.29, 1.82) is 0 Å². The van der Waals surface area contributed by atoms with Crippen molar-refractivity contribution < 1.29 is 14.3 Å². The number of hydrogen-bond donors (Lipinski definition) is 0. The van der Waals surface area contributed by atoms with E-state index in [1.165, 1.54) is 7.11 Å². The van der Waals surface area contributed by atoms with Crippen LogP contribution in [0.1, 0.15) is 18.4 Å². The predicted octanol–water partition coefficient (Wildman–Crippen LogP) is 3.12. The standard InChI is InChI=1S/C15H16O3/c1-10(15(16)18-3)14-12-7-5-4-6-11(12)8-9-13(14)17-2/h4-10H,1-3H3/t10-/m1/s1. The number of benzene rings is 2. The molecule has 0 aliphatic rings. The fourth-order valence-corrected chi connectivity index (χ4v) is 2.19. The zero-order valence-corrected chi connectivity index (χ0v) is 10.8. The molecule has 0 aliphatic carbocycles. The molecule has 0 aromatic heterocycles. The third-order valence-electron chi connectivity index (χ3n) is 3.14. The monoisotopic (exact) mass is 244 g/mol. The van der Waals surface area contributed by atoms with Crippen molar-refractivity contribution in [3.63, 3.8) is 0 Å². The second-order valence-corrected chi connectivity index (χ2v) is 4.15. The van der Waals surface area contributed by atoms with E-state index in [4.69, 9.17) is 9.47 Å². The average Bonchev–Trinajstić information content (AvgIpc) is 2.44. The summed E-state index contributed by atoms with van der Waals surface area (Å²) in [6.07, 6.45) is 0. The van der Waals surface area contributed by atoms with Crippen molar-refractivity contribution >= 4 is 16.7 Å². The van der Waals surface area contributed by atoms with Crippen LogP contribution in [0.25, 0.3) is 10.8 Å². The Morgan fingerprint density at radius 2 is 1.83 bits per heavy atom. The van der Waals surface area contributed by atoms with Crippen LogP contribution < -0.4 is 4.74 Å². The molecule has 0 fully saturated rings. The van der Waals surface area contributed by atoms with Crippen molar-refractivity contribution in [3.8, 4) is 5.75 Å². The van der Waals surface area contributed by atoms with E-state index in [0.29, 0.717) is 5.75 Å². The highest BCUT2D eigenvalue weighted by molar-refractivity contribution is 5.93. The summed E-state index contributed by atoms with van der Waals surface area (Å²) in [6, 6.07) is 11.8. The Morgan fingerprint density at radius 1 is 1.11 bits per heavy atom. The summed E-state index contributed by atoms with van der Waals surface area (Å²) in [5.41, 5.74) is 0.877. The summed E-state index contributed by atoms with van der Waals surface area (Å²) in [5, 5.41) is 2.11. The van der Waals surface area contributed by atoms with Crippen molar-refractivity contribution in [1.82, 2.24) is 0 Å². The van der Waals surface area contributed by atoms with Crippen molar-refractivity contribution in [2.45, 2.75) is 12.8 Å². The van der Waals surface area contributed by atoms with Crippen LogP contribution in [0.2, 0.25) is 0 Å². The van der Waals surface area contributed by atoms with Gasteiger partial charge in [-0.3, -0.25) is 4.79 Å². The molecule has 0 radical (unpaired) electrons. The zero-order valence-electron chi connectivity index (χ0n) is 10.8. The number of fused-ring (bicyclic) bond motifs is 1. The molecule has 18 heavy (non-hydrogen) atoms. The van der Waals surface area contributed by atoms with E-state index in [1.807, 2.05) is 43.3 Å². The number of rotatable bonds is 3. The van der Waals surface area contributed by atoms with E-state index in [9.17, 15) is 4.79 Å². The minimum Gasteiger partial charge on any atom is -0.496 e. The maximum absolute atomic E-state index is 11.7. The van der Waals surface area contributed by atoms with Crippen molar-refractivity contribution in [2.75, 3.05) is 14.2 Å². The van der Waals surface area contributed by atoms with Crippen LogP contribution >= 0.6 is 0 Å². The summed E-state index contributed by atoms with van der Waals surface area (Å²) in [4.78, 5) is 11.7. The van der Waals surface area contributed by atoms with E-state index < -0.39 is 0 Å². The Hall–Kier alpha value is -2.03. The molecule has 1 atom stereocenters. The lowest BCUT2D eigenvalue weighted by Gasteiger charge is -2.16. The summed E-state index contributed by atoms with van der Waals surface area (Å²) in [5.74, 6) is 0.104. The summed E-state index contributed by atoms with van der Waals surface area (Å²) < 4.78 is 10.2. The molecule has 0 unspecified atom stereocenters. The Kier molecular flexibility index (Phi) is 3.51. The number of hydrogen-bond acceptors (Lipinski definition) is 3. The van der Waals surface area contributed by atoms with Crippen LogP contribution in [0, 0.1) is 0 Å². The molecule has 3 heteroatoms. The summed E-state index contributed by atoms with van der Waals surface area (Å²) in [7, 11) is 3.01. The highest BCUT2D eigenvalue weighted by Gasteiger charge is 2.22. The number of ether oxygens (including phenoxy) is 2. The van der Waals surface area contributed by atoms with Crippen molar-refractivity contribution in [2.24, 2.45) is 0 Å². The fraction of sp³-hybridized carbons (Fsp3) is 0.267. The molecule has 2 rings (SSSR count). The molecule has 0 spiro atoms. The molecule has 0 heterocycles. The molecular formula is C15H16O3. The first-order valence-electron chi connectivity index (χ1n) is 5.82. The molecule has 0 aliphatic heterocycles. The van der Waals surface area contributed by atoms with Crippen LogP contribution in [-0.2, 0) is 9.53 Å². The Morgan fingerprint density at radius 3 is 2.50 bits per heavy atom. The first-order chi connectivity index (χ1) is 8.69. The van der Waals surface area contributed by atoms with Gasteiger partial charge in [0.15, 0.2) is 0 Å². The maximum Gasteiger partial charge on any atom is 0.313 e. The number of methoxy groups -OCH3 is 2. The van der Waals surface area contributed by atoms with Crippen molar-refractivity contribution in [3.05, 3.63) is 42.0 Å². The first-order valence-corrected chi connectivity index (χ1v) is 5.82. The molecule has 2 aromatic rings. The van der Waals surface area contributed by atoms with Gasteiger partial charge in [-0.05, 0) is 23.8 Å². The van der Waals surface area contributed by atoms with Gasteiger partial charge in [-0.1, -0.05) is 30.3 Å². The molecule has 0 saturated carbocycles. The van der Waals surface area contributed by atoms with Gasteiger partial charge in [0.2, 0.25) is 0 Å². The molecule has 0 saturated heterocycles. The molecule has 94 valence electrons. The van der Waals surface area contributed by atoms with Crippen LogP contribution in [0.4, 0.5) is 0 Å². The van der Waals surface area contributed by atoms with Crippen LogP contribution in [0.5, 0.6) is 5.75 Å². The predicted molar refractivity (Wildman–Crippen MR) is 70.9 cm³/mol. The van der Waals surface area contributed by atoms with E-state index in [1.54, 1.807) is 7.11 Å². The number of carbonyl (C=O) groups excluding carboxylic acids is 1. The zero-order chi connectivity index (χ0) is 13.1. The van der Waals surface area contributed by atoms with Gasteiger partial charge in [0.25, 0.3) is 0 Å². The van der Waals surface area contributed by atoms with Gasteiger partial charge in [0, 0.05) is 5.56 Å². The molecule has 0 N–H and O–H groups in total. The van der Waals surface area contributed by atoms with Gasteiger partial charge in [0.1, 0.15) is 5.75 Å². The van der Waals surface area contributed by atoms with Gasteiger partial charge >= 0.3 is 5.97 Å². The normalized spacial score (nSPS) is 12.2. The van der Waals surface area contributed by atoms with E-state index in [-0.39, 0.29) is 11.9 Å². The highest BCUT2D eigenvalue weighted by atomic mass is 16.5. The molecular weight excluding hydrogens is 228 g/mol. The van der Waals surface area contributed by atoms with Crippen LogP contribution in [0.3, 0.4) is 0 Å². The van der Waals surface area contributed by atoms with Gasteiger partial charge in [-0.25, -0.2) is 0 Å².